The summed E-state index contributed by atoms with van der Waals surface area (Å²) in [5, 5.41) is 9.79. The van der Waals surface area contributed by atoms with Crippen LogP contribution in [0, 0.1) is 0 Å². The molecule has 20 heavy (non-hydrogen) atoms. The Bertz CT molecular complexity index is 628. The fourth-order valence-corrected chi connectivity index (χ4v) is 2.71. The van der Waals surface area contributed by atoms with Crippen LogP contribution in [0.25, 0.3) is 0 Å². The number of hydrogen-bond donors (Lipinski definition) is 1. The van der Waals surface area contributed by atoms with Crippen LogP contribution in [0.15, 0.2) is 46.3 Å². The van der Waals surface area contributed by atoms with Crippen molar-refractivity contribution in [2.24, 2.45) is 0 Å². The minimum atomic E-state index is -0.941. The Balaban J connectivity index is 2.37. The molecular weight excluding hydrogens is 274 g/mol. The number of aromatic nitrogens is 1. The van der Waals surface area contributed by atoms with Crippen LogP contribution in [0.1, 0.15) is 23.0 Å². The minimum Gasteiger partial charge on any atom is -0.496 e. The van der Waals surface area contributed by atoms with E-state index in [1.165, 1.54) is 11.8 Å². The van der Waals surface area contributed by atoms with E-state index in [1.807, 2.05) is 31.2 Å². The van der Waals surface area contributed by atoms with Crippen LogP contribution in [-0.2, 0) is 6.42 Å². The van der Waals surface area contributed by atoms with Gasteiger partial charge in [-0.3, -0.25) is 0 Å². The van der Waals surface area contributed by atoms with E-state index >= 15 is 0 Å². The lowest BCUT2D eigenvalue weighted by atomic mass is 10.2. The quantitative estimate of drug-likeness (QED) is 0.912. The average molecular weight is 289 g/mol. The molecule has 1 heterocycles. The molecule has 5 heteroatoms. The summed E-state index contributed by atoms with van der Waals surface area (Å²) < 4.78 is 5.29. The predicted molar refractivity (Wildman–Crippen MR) is 77.7 cm³/mol. The summed E-state index contributed by atoms with van der Waals surface area (Å²) in [6.45, 7) is 1.95. The third-order valence-electron chi connectivity index (χ3n) is 2.75. The Kier molecular flexibility index (Phi) is 4.63. The topological polar surface area (TPSA) is 59.4 Å². The van der Waals surface area contributed by atoms with Gasteiger partial charge in [-0.2, -0.15) is 0 Å². The van der Waals surface area contributed by atoms with E-state index in [1.54, 1.807) is 19.2 Å². The van der Waals surface area contributed by atoms with E-state index in [2.05, 4.69) is 4.98 Å². The SMILES string of the molecule is CCc1cc(C(=O)O)cc(Sc2ccccc2OC)n1. The molecule has 0 amide bonds. The Morgan fingerprint density at radius 2 is 2.10 bits per heavy atom. The number of ether oxygens (including phenoxy) is 1. The molecule has 0 saturated heterocycles. The number of para-hydroxylation sites is 1. The van der Waals surface area contributed by atoms with Gasteiger partial charge in [-0.15, -0.1) is 0 Å². The highest BCUT2D eigenvalue weighted by Gasteiger charge is 2.10. The Labute approximate surface area is 121 Å². The number of rotatable bonds is 5. The molecule has 0 saturated carbocycles. The number of aryl methyl sites for hydroxylation is 1. The molecule has 0 aliphatic carbocycles. The number of nitrogens with zero attached hydrogens (tertiary/aromatic N) is 1. The first-order valence-electron chi connectivity index (χ1n) is 6.19. The number of benzene rings is 1. The van der Waals surface area contributed by atoms with Crippen LogP contribution in [0.5, 0.6) is 5.75 Å². The van der Waals surface area contributed by atoms with E-state index in [9.17, 15) is 4.79 Å². The van der Waals surface area contributed by atoms with Crippen molar-refractivity contribution >= 4 is 17.7 Å². The molecule has 104 valence electrons. The molecule has 4 nitrogen and oxygen atoms in total. The summed E-state index contributed by atoms with van der Waals surface area (Å²) in [7, 11) is 1.61. The molecule has 0 fully saturated rings. The van der Waals surface area contributed by atoms with Gasteiger partial charge in [0.15, 0.2) is 0 Å². The largest absolute Gasteiger partial charge is 0.496 e. The molecule has 0 atom stereocenters. The lowest BCUT2D eigenvalue weighted by Crippen LogP contribution is -2.00. The molecule has 0 radical (unpaired) electrons. The third-order valence-corrected chi connectivity index (χ3v) is 3.72. The van der Waals surface area contributed by atoms with Crippen LogP contribution in [0.2, 0.25) is 0 Å². The lowest BCUT2D eigenvalue weighted by Gasteiger charge is -2.08. The molecule has 2 aromatic rings. The van der Waals surface area contributed by atoms with Gasteiger partial charge in [0.1, 0.15) is 10.8 Å². The summed E-state index contributed by atoms with van der Waals surface area (Å²) in [5.41, 5.74) is 1.02. The summed E-state index contributed by atoms with van der Waals surface area (Å²) in [6, 6.07) is 10.8. The van der Waals surface area contributed by atoms with E-state index in [0.717, 1.165) is 16.3 Å². The second-order valence-corrected chi connectivity index (χ2v) is 5.16. The number of carbonyl (C=O) groups is 1. The van der Waals surface area contributed by atoms with Gasteiger partial charge in [0.25, 0.3) is 0 Å². The first-order valence-corrected chi connectivity index (χ1v) is 7.00. The Hall–Kier alpha value is -2.01. The van der Waals surface area contributed by atoms with Gasteiger partial charge in [-0.05, 0) is 30.7 Å². The molecule has 0 bridgehead atoms. The van der Waals surface area contributed by atoms with Crippen molar-refractivity contribution in [3.63, 3.8) is 0 Å². The lowest BCUT2D eigenvalue weighted by molar-refractivity contribution is 0.0696. The van der Waals surface area contributed by atoms with Crippen molar-refractivity contribution in [1.29, 1.82) is 0 Å². The maximum absolute atomic E-state index is 11.1. The molecule has 0 unspecified atom stereocenters. The first-order chi connectivity index (χ1) is 9.63. The molecule has 1 N–H and O–H groups in total. The van der Waals surface area contributed by atoms with E-state index in [0.29, 0.717) is 11.4 Å². The highest BCUT2D eigenvalue weighted by molar-refractivity contribution is 7.99. The fraction of sp³-hybridized carbons (Fsp3) is 0.200. The zero-order valence-electron chi connectivity index (χ0n) is 11.3. The first kappa shape index (κ1) is 14.4. The van der Waals surface area contributed by atoms with Gasteiger partial charge < -0.3 is 9.84 Å². The van der Waals surface area contributed by atoms with Crippen LogP contribution in [0.4, 0.5) is 0 Å². The average Bonchev–Trinajstić information content (AvgIpc) is 2.47. The van der Waals surface area contributed by atoms with Crippen LogP contribution < -0.4 is 4.74 Å². The number of pyridine rings is 1. The van der Waals surface area contributed by atoms with Crippen LogP contribution in [0.3, 0.4) is 0 Å². The normalized spacial score (nSPS) is 10.3. The van der Waals surface area contributed by atoms with Gasteiger partial charge in [-0.1, -0.05) is 30.8 Å². The summed E-state index contributed by atoms with van der Waals surface area (Å²) in [5.74, 6) is -0.193. The van der Waals surface area contributed by atoms with E-state index in [-0.39, 0.29) is 5.56 Å². The van der Waals surface area contributed by atoms with Gasteiger partial charge >= 0.3 is 5.97 Å². The zero-order valence-corrected chi connectivity index (χ0v) is 12.1. The van der Waals surface area contributed by atoms with Gasteiger partial charge in [0.05, 0.1) is 17.6 Å². The highest BCUT2D eigenvalue weighted by Crippen LogP contribution is 2.34. The Morgan fingerprint density at radius 3 is 2.75 bits per heavy atom. The molecule has 1 aromatic heterocycles. The monoisotopic (exact) mass is 289 g/mol. The number of carboxylic acids is 1. The van der Waals surface area contributed by atoms with Crippen molar-refractivity contribution in [2.45, 2.75) is 23.3 Å². The van der Waals surface area contributed by atoms with Gasteiger partial charge in [-0.25, -0.2) is 9.78 Å². The van der Waals surface area contributed by atoms with E-state index in [4.69, 9.17) is 9.84 Å². The van der Waals surface area contributed by atoms with Crippen LogP contribution >= 0.6 is 11.8 Å². The predicted octanol–water partition coefficient (Wildman–Crippen LogP) is 3.50. The molecule has 2 rings (SSSR count). The summed E-state index contributed by atoms with van der Waals surface area (Å²) in [6.07, 6.45) is 0.695. The zero-order chi connectivity index (χ0) is 14.5. The Morgan fingerprint density at radius 1 is 1.35 bits per heavy atom. The van der Waals surface area contributed by atoms with Crippen molar-refractivity contribution in [2.75, 3.05) is 7.11 Å². The van der Waals surface area contributed by atoms with E-state index < -0.39 is 5.97 Å². The maximum Gasteiger partial charge on any atom is 0.335 e. The second kappa shape index (κ2) is 6.43. The molecular formula is C15H15NO3S. The molecule has 0 spiro atoms. The molecule has 0 aliphatic rings. The van der Waals surface area contributed by atoms with Gasteiger partial charge in [0.2, 0.25) is 0 Å². The number of carboxylic acid groups (broad SMARTS) is 1. The van der Waals surface area contributed by atoms with Crippen molar-refractivity contribution < 1.29 is 14.6 Å². The second-order valence-electron chi connectivity index (χ2n) is 4.10. The summed E-state index contributed by atoms with van der Waals surface area (Å²) in [4.78, 5) is 16.5. The van der Waals surface area contributed by atoms with Gasteiger partial charge in [0, 0.05) is 5.69 Å². The molecule has 1 aromatic carbocycles. The van der Waals surface area contributed by atoms with Crippen molar-refractivity contribution in [1.82, 2.24) is 4.98 Å². The highest BCUT2D eigenvalue weighted by atomic mass is 32.2. The van der Waals surface area contributed by atoms with Crippen molar-refractivity contribution in [3.8, 4) is 5.75 Å². The van der Waals surface area contributed by atoms with Crippen LogP contribution in [-0.4, -0.2) is 23.2 Å². The van der Waals surface area contributed by atoms with Crippen molar-refractivity contribution in [3.05, 3.63) is 47.7 Å². The fourth-order valence-electron chi connectivity index (χ4n) is 1.73. The summed E-state index contributed by atoms with van der Waals surface area (Å²) >= 11 is 1.40. The maximum atomic E-state index is 11.1. The molecule has 0 aliphatic heterocycles. The number of hydrogen-bond acceptors (Lipinski definition) is 4. The standard InChI is InChI=1S/C15H15NO3S/c1-3-11-8-10(15(17)18)9-14(16-11)20-13-7-5-4-6-12(13)19-2/h4-9H,3H2,1-2H3,(H,17,18). The number of methoxy groups -OCH3 is 1. The smallest absolute Gasteiger partial charge is 0.335 e. The number of aromatic carboxylic acids is 1. The minimum absolute atomic E-state index is 0.259. The third kappa shape index (κ3) is 3.30.